The molecule has 1 aromatic rings. The lowest BCUT2D eigenvalue weighted by atomic mass is 9.80. The van der Waals surface area contributed by atoms with Crippen molar-refractivity contribution in [3.8, 4) is 0 Å². The Kier molecular flexibility index (Phi) is 4.52. The van der Waals surface area contributed by atoms with Gasteiger partial charge in [-0.3, -0.25) is 4.79 Å². The van der Waals surface area contributed by atoms with Gasteiger partial charge < -0.3 is 15.4 Å². The number of nitrogens with one attached hydrogen (secondary N) is 1. The van der Waals surface area contributed by atoms with Crippen LogP contribution in [-0.4, -0.2) is 29.6 Å². The van der Waals surface area contributed by atoms with Gasteiger partial charge in [-0.2, -0.15) is 0 Å². The highest BCUT2D eigenvalue weighted by atomic mass is 16.4. The van der Waals surface area contributed by atoms with Gasteiger partial charge in [-0.25, -0.2) is 0 Å². The summed E-state index contributed by atoms with van der Waals surface area (Å²) < 4.78 is 0. The smallest absolute Gasteiger partial charge is 0.423 e. The van der Waals surface area contributed by atoms with Crippen molar-refractivity contribution >= 4 is 18.5 Å². The third-order valence-electron chi connectivity index (χ3n) is 2.14. The van der Waals surface area contributed by atoms with Crippen molar-refractivity contribution in [1.29, 1.82) is 0 Å². The van der Waals surface area contributed by atoms with Crippen molar-refractivity contribution in [3.63, 3.8) is 0 Å². The molecule has 0 aliphatic heterocycles. The number of carbonyl (C=O) groups excluding carboxylic acids is 1. The second-order valence-electron chi connectivity index (χ2n) is 4.10. The van der Waals surface area contributed by atoms with Crippen molar-refractivity contribution in [3.05, 3.63) is 29.8 Å². The van der Waals surface area contributed by atoms with E-state index in [0.717, 1.165) is 0 Å². The summed E-state index contributed by atoms with van der Waals surface area (Å²) in [4.78, 5) is 11.6. The summed E-state index contributed by atoms with van der Waals surface area (Å²) in [6.45, 7) is 4.67. The van der Waals surface area contributed by atoms with Gasteiger partial charge in [0.1, 0.15) is 0 Å². The van der Waals surface area contributed by atoms with Gasteiger partial charge >= 0.3 is 7.12 Å². The minimum Gasteiger partial charge on any atom is -0.423 e. The number of hydrogen-bond donors (Lipinski definition) is 3. The van der Waals surface area contributed by atoms with E-state index in [1.54, 1.807) is 12.1 Å². The van der Waals surface area contributed by atoms with Crippen LogP contribution in [0, 0.1) is 5.92 Å². The number of benzene rings is 1. The summed E-state index contributed by atoms with van der Waals surface area (Å²) in [5.74, 6) is 0.259. The van der Waals surface area contributed by atoms with E-state index in [9.17, 15) is 4.79 Å². The van der Waals surface area contributed by atoms with Gasteiger partial charge in [0.05, 0.1) is 0 Å². The first-order valence-corrected chi connectivity index (χ1v) is 5.25. The average Bonchev–Trinajstić information content (AvgIpc) is 2.26. The Labute approximate surface area is 95.4 Å². The summed E-state index contributed by atoms with van der Waals surface area (Å²) in [5.41, 5.74) is 0.894. The fraction of sp³-hybridized carbons (Fsp3) is 0.364. The Morgan fingerprint density at radius 3 is 2.31 bits per heavy atom. The average molecular weight is 221 g/mol. The fourth-order valence-electron chi connectivity index (χ4n) is 1.21. The van der Waals surface area contributed by atoms with Gasteiger partial charge in [-0.1, -0.05) is 26.0 Å². The SMILES string of the molecule is CC(C)CNC(=O)c1ccc(B(O)O)cc1. The van der Waals surface area contributed by atoms with Gasteiger partial charge in [-0.05, 0) is 23.5 Å². The maximum Gasteiger partial charge on any atom is 0.488 e. The Balaban J connectivity index is 2.63. The Bertz CT molecular complexity index is 349. The van der Waals surface area contributed by atoms with Crippen LogP contribution in [0.2, 0.25) is 0 Å². The predicted octanol–water partition coefficient (Wildman–Crippen LogP) is -0.248. The van der Waals surface area contributed by atoms with Gasteiger partial charge in [0.2, 0.25) is 0 Å². The molecule has 1 amide bonds. The van der Waals surface area contributed by atoms with E-state index in [4.69, 9.17) is 10.0 Å². The maximum absolute atomic E-state index is 11.6. The molecule has 0 spiro atoms. The van der Waals surface area contributed by atoms with Crippen molar-refractivity contribution in [2.24, 2.45) is 5.92 Å². The molecule has 0 heterocycles. The Morgan fingerprint density at radius 1 is 1.31 bits per heavy atom. The molecule has 0 radical (unpaired) electrons. The molecule has 1 aromatic carbocycles. The monoisotopic (exact) mass is 221 g/mol. The molecule has 5 heteroatoms. The lowest BCUT2D eigenvalue weighted by Crippen LogP contribution is -2.31. The van der Waals surface area contributed by atoms with Crippen LogP contribution in [0.5, 0.6) is 0 Å². The molecule has 0 unspecified atom stereocenters. The largest absolute Gasteiger partial charge is 0.488 e. The minimum atomic E-state index is -1.49. The first-order chi connectivity index (χ1) is 7.50. The molecular weight excluding hydrogens is 205 g/mol. The van der Waals surface area contributed by atoms with Gasteiger partial charge in [0, 0.05) is 12.1 Å². The molecule has 0 aromatic heterocycles. The van der Waals surface area contributed by atoms with Crippen LogP contribution in [0.4, 0.5) is 0 Å². The molecule has 0 saturated carbocycles. The molecule has 0 aliphatic rings. The fourth-order valence-corrected chi connectivity index (χ4v) is 1.21. The normalized spacial score (nSPS) is 10.3. The van der Waals surface area contributed by atoms with Gasteiger partial charge in [0.15, 0.2) is 0 Å². The summed E-state index contributed by atoms with van der Waals surface area (Å²) in [5, 5.41) is 20.6. The van der Waals surface area contributed by atoms with Crippen molar-refractivity contribution in [2.45, 2.75) is 13.8 Å². The minimum absolute atomic E-state index is 0.146. The molecule has 3 N–H and O–H groups in total. The zero-order chi connectivity index (χ0) is 12.1. The van der Waals surface area contributed by atoms with E-state index in [2.05, 4.69) is 5.32 Å². The molecule has 0 saturated heterocycles. The van der Waals surface area contributed by atoms with Crippen LogP contribution >= 0.6 is 0 Å². The van der Waals surface area contributed by atoms with Gasteiger partial charge in [-0.15, -0.1) is 0 Å². The number of hydrogen-bond acceptors (Lipinski definition) is 3. The van der Waals surface area contributed by atoms with Crippen LogP contribution in [0.15, 0.2) is 24.3 Å². The van der Waals surface area contributed by atoms with Crippen molar-refractivity contribution in [1.82, 2.24) is 5.32 Å². The number of carbonyl (C=O) groups is 1. The van der Waals surface area contributed by atoms with Gasteiger partial charge in [0.25, 0.3) is 5.91 Å². The van der Waals surface area contributed by atoms with Crippen LogP contribution in [0.3, 0.4) is 0 Å². The van der Waals surface area contributed by atoms with Crippen LogP contribution in [-0.2, 0) is 0 Å². The maximum atomic E-state index is 11.6. The molecule has 0 atom stereocenters. The molecular formula is C11H16BNO3. The molecule has 86 valence electrons. The molecule has 0 fully saturated rings. The predicted molar refractivity (Wildman–Crippen MR) is 63.4 cm³/mol. The summed E-state index contributed by atoms with van der Waals surface area (Å²) in [6, 6.07) is 6.19. The Morgan fingerprint density at radius 2 is 1.88 bits per heavy atom. The molecule has 4 nitrogen and oxygen atoms in total. The highest BCUT2D eigenvalue weighted by molar-refractivity contribution is 6.58. The van der Waals surface area contributed by atoms with E-state index in [1.807, 2.05) is 13.8 Å². The zero-order valence-electron chi connectivity index (χ0n) is 9.47. The number of amides is 1. The van der Waals surface area contributed by atoms with Crippen LogP contribution < -0.4 is 10.8 Å². The molecule has 0 aliphatic carbocycles. The standard InChI is InChI=1S/C11H16BNO3/c1-8(2)7-13-11(14)9-3-5-10(6-4-9)12(15)16/h3-6,8,15-16H,7H2,1-2H3,(H,13,14). The summed E-state index contributed by atoms with van der Waals surface area (Å²) in [7, 11) is -1.49. The third kappa shape index (κ3) is 3.68. The highest BCUT2D eigenvalue weighted by Gasteiger charge is 2.11. The molecule has 1 rings (SSSR count). The summed E-state index contributed by atoms with van der Waals surface area (Å²) >= 11 is 0. The van der Waals surface area contributed by atoms with E-state index < -0.39 is 7.12 Å². The second kappa shape index (κ2) is 5.68. The van der Waals surface area contributed by atoms with Crippen molar-refractivity contribution in [2.75, 3.05) is 6.54 Å². The van der Waals surface area contributed by atoms with Crippen LogP contribution in [0.1, 0.15) is 24.2 Å². The quantitative estimate of drug-likeness (QED) is 0.614. The summed E-state index contributed by atoms with van der Waals surface area (Å²) in [6.07, 6.45) is 0. The van der Waals surface area contributed by atoms with E-state index in [1.165, 1.54) is 12.1 Å². The molecule has 16 heavy (non-hydrogen) atoms. The number of rotatable bonds is 4. The van der Waals surface area contributed by atoms with E-state index in [-0.39, 0.29) is 5.91 Å². The first-order valence-electron chi connectivity index (χ1n) is 5.25. The van der Waals surface area contributed by atoms with Crippen molar-refractivity contribution < 1.29 is 14.8 Å². The lowest BCUT2D eigenvalue weighted by Gasteiger charge is -2.08. The van der Waals surface area contributed by atoms with E-state index >= 15 is 0 Å². The first kappa shape index (κ1) is 12.7. The van der Waals surface area contributed by atoms with Crippen LogP contribution in [0.25, 0.3) is 0 Å². The third-order valence-corrected chi connectivity index (χ3v) is 2.14. The zero-order valence-corrected chi connectivity index (χ0v) is 9.47. The van der Waals surface area contributed by atoms with E-state index in [0.29, 0.717) is 23.5 Å². The topological polar surface area (TPSA) is 69.6 Å². The Hall–Kier alpha value is -1.33. The second-order valence-corrected chi connectivity index (χ2v) is 4.10. The molecule has 0 bridgehead atoms. The highest BCUT2D eigenvalue weighted by Crippen LogP contribution is 1.98. The lowest BCUT2D eigenvalue weighted by molar-refractivity contribution is 0.0949.